The molecule has 1 aliphatic rings. The number of carbonyl (C=O) groups is 1. The maximum Gasteiger partial charge on any atom is 0.124 e. The zero-order valence-corrected chi connectivity index (χ0v) is 16.5. The fourth-order valence-corrected chi connectivity index (χ4v) is 3.35. The van der Waals surface area contributed by atoms with Gasteiger partial charge in [-0.05, 0) is 56.7 Å². The highest BCUT2D eigenvalue weighted by molar-refractivity contribution is 6.02. The van der Waals surface area contributed by atoms with Crippen molar-refractivity contribution in [3.05, 3.63) is 66.0 Å². The zero-order chi connectivity index (χ0) is 20.0. The van der Waals surface area contributed by atoms with E-state index >= 15 is 0 Å². The van der Waals surface area contributed by atoms with Gasteiger partial charge in [-0.1, -0.05) is 43.0 Å². The smallest absolute Gasteiger partial charge is 0.124 e. The Hall–Kier alpha value is -2.46. The van der Waals surface area contributed by atoms with Gasteiger partial charge in [0.25, 0.3) is 0 Å². The summed E-state index contributed by atoms with van der Waals surface area (Å²) < 4.78 is 0. The van der Waals surface area contributed by atoms with E-state index in [1.165, 1.54) is 6.08 Å². The van der Waals surface area contributed by atoms with Gasteiger partial charge in [-0.15, -0.1) is 0 Å². The Morgan fingerprint density at radius 2 is 2.07 bits per heavy atom. The van der Waals surface area contributed by atoms with E-state index in [1.807, 2.05) is 57.2 Å². The summed E-state index contributed by atoms with van der Waals surface area (Å²) in [5, 5.41) is 10.0. The number of aliphatic hydroxyl groups excluding tert-OH is 1. The van der Waals surface area contributed by atoms with Crippen molar-refractivity contribution in [1.82, 2.24) is 0 Å². The monoisotopic (exact) mass is 366 g/mol. The Balaban J connectivity index is 2.11. The van der Waals surface area contributed by atoms with Gasteiger partial charge in [0, 0.05) is 29.3 Å². The Bertz CT molecular complexity index is 765. The molecule has 144 valence electrons. The highest BCUT2D eigenvalue weighted by Gasteiger charge is 2.30. The highest BCUT2D eigenvalue weighted by atomic mass is 16.3. The number of nitrogens with zero attached hydrogens (tertiary/aromatic N) is 1. The molecule has 0 amide bonds. The quantitative estimate of drug-likeness (QED) is 0.405. The predicted molar refractivity (Wildman–Crippen MR) is 113 cm³/mol. The number of carbonyl (C=O) groups excluding carboxylic acids is 1. The van der Waals surface area contributed by atoms with Gasteiger partial charge < -0.3 is 15.6 Å². The van der Waals surface area contributed by atoms with Crippen LogP contribution in [0.2, 0.25) is 0 Å². The number of allylic oxidation sites excluding steroid dienone is 4. The van der Waals surface area contributed by atoms with Gasteiger partial charge in [0.1, 0.15) is 12.0 Å². The van der Waals surface area contributed by atoms with E-state index in [4.69, 9.17) is 5.73 Å². The van der Waals surface area contributed by atoms with E-state index in [2.05, 4.69) is 11.6 Å². The molecule has 0 bridgehead atoms. The third kappa shape index (κ3) is 5.27. The standard InChI is InChI=1S/C23H30N2O2/c1-5-7-20(22(27)6-2)17-8-10-18(11-9-17)21-13-16(14-25-21)12-19(15-26)23(3,4)24/h5-11,15-16,19,27H,2,12-14,24H2,1,3-4H3/b7-5-,22-20-. The zero-order valence-electron chi connectivity index (χ0n) is 16.5. The van der Waals surface area contributed by atoms with Crippen LogP contribution in [0.3, 0.4) is 0 Å². The van der Waals surface area contributed by atoms with Crippen LogP contribution in [-0.2, 0) is 4.79 Å². The summed E-state index contributed by atoms with van der Waals surface area (Å²) in [6, 6.07) is 8.02. The largest absolute Gasteiger partial charge is 0.507 e. The first-order valence-corrected chi connectivity index (χ1v) is 9.36. The molecule has 1 aromatic carbocycles. The molecular formula is C23H30N2O2. The van der Waals surface area contributed by atoms with Gasteiger partial charge in [-0.25, -0.2) is 0 Å². The van der Waals surface area contributed by atoms with Crippen LogP contribution in [-0.4, -0.2) is 29.2 Å². The van der Waals surface area contributed by atoms with E-state index < -0.39 is 5.54 Å². The van der Waals surface area contributed by atoms with E-state index in [9.17, 15) is 9.90 Å². The van der Waals surface area contributed by atoms with E-state index in [-0.39, 0.29) is 11.7 Å². The molecule has 0 saturated heterocycles. The molecule has 0 aromatic heterocycles. The topological polar surface area (TPSA) is 75.7 Å². The Morgan fingerprint density at radius 1 is 1.41 bits per heavy atom. The Labute approximate surface area is 162 Å². The number of aliphatic imine (C=N–C) groups is 1. The average molecular weight is 367 g/mol. The number of hydrogen-bond acceptors (Lipinski definition) is 4. The fourth-order valence-electron chi connectivity index (χ4n) is 3.35. The van der Waals surface area contributed by atoms with Crippen molar-refractivity contribution in [1.29, 1.82) is 0 Å². The van der Waals surface area contributed by atoms with Crippen molar-refractivity contribution in [2.24, 2.45) is 22.6 Å². The minimum absolute atomic E-state index is 0.156. The lowest BCUT2D eigenvalue weighted by Gasteiger charge is -2.27. The van der Waals surface area contributed by atoms with Gasteiger partial charge in [0.2, 0.25) is 0 Å². The van der Waals surface area contributed by atoms with Gasteiger partial charge in [0.15, 0.2) is 0 Å². The van der Waals surface area contributed by atoms with Crippen LogP contribution in [0.4, 0.5) is 0 Å². The van der Waals surface area contributed by atoms with Gasteiger partial charge in [0.05, 0.1) is 0 Å². The number of aliphatic hydroxyl groups is 1. The second-order valence-corrected chi connectivity index (χ2v) is 7.74. The van der Waals surface area contributed by atoms with E-state index in [0.29, 0.717) is 5.92 Å². The second kappa shape index (κ2) is 8.96. The average Bonchev–Trinajstić information content (AvgIpc) is 3.11. The van der Waals surface area contributed by atoms with Crippen LogP contribution in [0.1, 0.15) is 44.7 Å². The lowest BCUT2D eigenvalue weighted by atomic mass is 9.81. The third-order valence-electron chi connectivity index (χ3n) is 5.06. The number of rotatable bonds is 8. The minimum atomic E-state index is -0.505. The molecule has 0 saturated carbocycles. The first-order valence-electron chi connectivity index (χ1n) is 9.36. The lowest BCUT2D eigenvalue weighted by molar-refractivity contribution is -0.113. The number of benzene rings is 1. The summed E-state index contributed by atoms with van der Waals surface area (Å²) in [6.07, 6.45) is 7.79. The van der Waals surface area contributed by atoms with Crippen molar-refractivity contribution in [3.63, 3.8) is 0 Å². The van der Waals surface area contributed by atoms with Crippen molar-refractivity contribution in [2.45, 2.75) is 39.2 Å². The molecule has 4 nitrogen and oxygen atoms in total. The summed E-state index contributed by atoms with van der Waals surface area (Å²) in [7, 11) is 0. The number of nitrogens with two attached hydrogens (primary N) is 1. The molecular weight excluding hydrogens is 336 g/mol. The van der Waals surface area contributed by atoms with Crippen molar-refractivity contribution < 1.29 is 9.90 Å². The van der Waals surface area contributed by atoms with Crippen LogP contribution in [0.15, 0.2) is 59.8 Å². The first kappa shape index (κ1) is 20.8. The van der Waals surface area contributed by atoms with Crippen LogP contribution < -0.4 is 5.73 Å². The van der Waals surface area contributed by atoms with Crippen LogP contribution in [0, 0.1) is 11.8 Å². The molecule has 1 aromatic rings. The second-order valence-electron chi connectivity index (χ2n) is 7.74. The molecule has 0 radical (unpaired) electrons. The Kier molecular flexibility index (Phi) is 6.92. The predicted octanol–water partition coefficient (Wildman–Crippen LogP) is 4.47. The SMILES string of the molecule is C=C/C(O)=C(\C=C/C)c1ccc(C2=NCC(CC(C=O)C(C)(C)N)C2)cc1. The lowest BCUT2D eigenvalue weighted by Crippen LogP contribution is -2.42. The Morgan fingerprint density at radius 3 is 2.59 bits per heavy atom. The molecule has 1 aliphatic heterocycles. The molecule has 0 fully saturated rings. The summed E-state index contributed by atoms with van der Waals surface area (Å²) >= 11 is 0. The van der Waals surface area contributed by atoms with Gasteiger partial charge in [-0.2, -0.15) is 0 Å². The van der Waals surface area contributed by atoms with Crippen LogP contribution in [0.5, 0.6) is 0 Å². The normalized spacial score (nSPS) is 19.6. The van der Waals surface area contributed by atoms with Gasteiger partial charge in [-0.3, -0.25) is 4.99 Å². The summed E-state index contributed by atoms with van der Waals surface area (Å²) in [5.74, 6) is 0.347. The molecule has 2 atom stereocenters. The summed E-state index contributed by atoms with van der Waals surface area (Å²) in [4.78, 5) is 16.1. The van der Waals surface area contributed by atoms with Crippen molar-refractivity contribution in [3.8, 4) is 0 Å². The molecule has 1 heterocycles. The van der Waals surface area contributed by atoms with Crippen LogP contribution >= 0.6 is 0 Å². The maximum atomic E-state index is 11.4. The minimum Gasteiger partial charge on any atom is -0.507 e. The molecule has 3 N–H and O–H groups in total. The molecule has 2 unspecified atom stereocenters. The maximum absolute atomic E-state index is 11.4. The first-order chi connectivity index (χ1) is 12.8. The van der Waals surface area contributed by atoms with Gasteiger partial charge >= 0.3 is 0 Å². The summed E-state index contributed by atoms with van der Waals surface area (Å²) in [6.45, 7) is 10.1. The molecule has 0 spiro atoms. The molecule has 0 aliphatic carbocycles. The van der Waals surface area contributed by atoms with E-state index in [0.717, 1.165) is 48.1 Å². The number of hydrogen-bond donors (Lipinski definition) is 2. The highest BCUT2D eigenvalue weighted by Crippen LogP contribution is 2.29. The van der Waals surface area contributed by atoms with Crippen LogP contribution in [0.25, 0.3) is 5.57 Å². The molecule has 4 heteroatoms. The fraction of sp³-hybridized carbons (Fsp3) is 0.391. The van der Waals surface area contributed by atoms with Crippen molar-refractivity contribution >= 4 is 17.6 Å². The third-order valence-corrected chi connectivity index (χ3v) is 5.06. The van der Waals surface area contributed by atoms with Crippen molar-refractivity contribution in [2.75, 3.05) is 6.54 Å². The summed E-state index contributed by atoms with van der Waals surface area (Å²) in [5.41, 5.74) is 9.42. The van der Waals surface area contributed by atoms with E-state index in [1.54, 1.807) is 0 Å². The molecule has 27 heavy (non-hydrogen) atoms. The molecule has 2 rings (SSSR count). The number of aldehydes is 1.